The molecule has 2 heteroatoms. The normalized spacial score (nSPS) is 30.7. The van der Waals surface area contributed by atoms with Gasteiger partial charge < -0.3 is 10.2 Å². The van der Waals surface area contributed by atoms with Crippen LogP contribution in [0.15, 0.2) is 30.3 Å². The summed E-state index contributed by atoms with van der Waals surface area (Å²) in [6.07, 6.45) is 2.66. The number of benzene rings is 1. The number of nitrogens with zero attached hydrogens (tertiary/aromatic N) is 1. The van der Waals surface area contributed by atoms with Gasteiger partial charge in [0.1, 0.15) is 0 Å². The van der Waals surface area contributed by atoms with Crippen molar-refractivity contribution in [2.24, 2.45) is 0 Å². The van der Waals surface area contributed by atoms with E-state index in [1.807, 2.05) is 0 Å². The van der Waals surface area contributed by atoms with E-state index in [-0.39, 0.29) is 0 Å². The van der Waals surface area contributed by atoms with Crippen LogP contribution in [-0.4, -0.2) is 25.2 Å². The van der Waals surface area contributed by atoms with Gasteiger partial charge in [-0.1, -0.05) is 18.2 Å². The molecule has 0 aliphatic carbocycles. The SMILES string of the molecule is c1ccc(N2CCC23CCNC3)cc1. The van der Waals surface area contributed by atoms with Gasteiger partial charge in [-0.3, -0.25) is 0 Å². The average molecular weight is 188 g/mol. The highest BCUT2D eigenvalue weighted by atomic mass is 15.3. The van der Waals surface area contributed by atoms with E-state index in [0.717, 1.165) is 0 Å². The van der Waals surface area contributed by atoms with E-state index < -0.39 is 0 Å². The van der Waals surface area contributed by atoms with Crippen molar-refractivity contribution < 1.29 is 0 Å². The van der Waals surface area contributed by atoms with Gasteiger partial charge in [-0.2, -0.15) is 0 Å². The van der Waals surface area contributed by atoms with Crippen LogP contribution in [0.2, 0.25) is 0 Å². The molecule has 0 saturated carbocycles. The summed E-state index contributed by atoms with van der Waals surface area (Å²) in [5.74, 6) is 0. The maximum Gasteiger partial charge on any atom is 0.0555 e. The van der Waals surface area contributed by atoms with Crippen LogP contribution < -0.4 is 10.2 Å². The van der Waals surface area contributed by atoms with E-state index in [1.165, 1.54) is 38.2 Å². The van der Waals surface area contributed by atoms with Crippen LogP contribution in [0, 0.1) is 0 Å². The third-order valence-electron chi connectivity index (χ3n) is 3.66. The Hall–Kier alpha value is -1.02. The van der Waals surface area contributed by atoms with Crippen molar-refractivity contribution >= 4 is 5.69 Å². The van der Waals surface area contributed by atoms with Crippen molar-refractivity contribution in [2.75, 3.05) is 24.5 Å². The third kappa shape index (κ3) is 1.07. The van der Waals surface area contributed by atoms with Gasteiger partial charge in [0.2, 0.25) is 0 Å². The van der Waals surface area contributed by atoms with Crippen molar-refractivity contribution in [3.05, 3.63) is 30.3 Å². The third-order valence-corrected chi connectivity index (χ3v) is 3.66. The van der Waals surface area contributed by atoms with E-state index in [2.05, 4.69) is 40.5 Å². The van der Waals surface area contributed by atoms with Crippen LogP contribution >= 0.6 is 0 Å². The van der Waals surface area contributed by atoms with E-state index in [4.69, 9.17) is 0 Å². The summed E-state index contributed by atoms with van der Waals surface area (Å²) in [5, 5.41) is 3.47. The Labute approximate surface area is 84.9 Å². The van der Waals surface area contributed by atoms with Gasteiger partial charge in [-0.15, -0.1) is 0 Å². The molecule has 14 heavy (non-hydrogen) atoms. The molecule has 2 saturated heterocycles. The molecule has 2 aliphatic rings. The molecular formula is C12H16N2. The predicted molar refractivity (Wildman–Crippen MR) is 58.6 cm³/mol. The predicted octanol–water partition coefficient (Wildman–Crippen LogP) is 1.63. The summed E-state index contributed by atoms with van der Waals surface area (Å²) in [4.78, 5) is 2.56. The fourth-order valence-electron chi connectivity index (χ4n) is 2.73. The highest BCUT2D eigenvalue weighted by molar-refractivity contribution is 5.52. The minimum Gasteiger partial charge on any atom is -0.364 e. The molecule has 1 aromatic rings. The summed E-state index contributed by atoms with van der Waals surface area (Å²) in [6.45, 7) is 3.58. The minimum atomic E-state index is 0.460. The molecule has 0 aromatic heterocycles. The van der Waals surface area contributed by atoms with Crippen molar-refractivity contribution in [1.82, 2.24) is 5.32 Å². The lowest BCUT2D eigenvalue weighted by Gasteiger charge is -2.52. The summed E-state index contributed by atoms with van der Waals surface area (Å²) in [7, 11) is 0. The first-order valence-electron chi connectivity index (χ1n) is 5.44. The number of hydrogen-bond acceptors (Lipinski definition) is 2. The lowest BCUT2D eigenvalue weighted by atomic mass is 9.83. The summed E-state index contributed by atoms with van der Waals surface area (Å²) in [6, 6.07) is 10.8. The zero-order valence-corrected chi connectivity index (χ0v) is 8.37. The quantitative estimate of drug-likeness (QED) is 0.720. The number of rotatable bonds is 1. The number of hydrogen-bond donors (Lipinski definition) is 1. The van der Waals surface area contributed by atoms with Gasteiger partial charge in [0.25, 0.3) is 0 Å². The van der Waals surface area contributed by atoms with Crippen molar-refractivity contribution in [1.29, 1.82) is 0 Å². The van der Waals surface area contributed by atoms with Crippen LogP contribution in [0.5, 0.6) is 0 Å². The lowest BCUT2D eigenvalue weighted by molar-refractivity contribution is 0.301. The monoisotopic (exact) mass is 188 g/mol. The van der Waals surface area contributed by atoms with Crippen molar-refractivity contribution in [3.63, 3.8) is 0 Å². The van der Waals surface area contributed by atoms with Gasteiger partial charge in [-0.05, 0) is 31.5 Å². The molecule has 1 N–H and O–H groups in total. The van der Waals surface area contributed by atoms with Crippen molar-refractivity contribution in [2.45, 2.75) is 18.4 Å². The molecule has 74 valence electrons. The van der Waals surface area contributed by atoms with Gasteiger partial charge >= 0.3 is 0 Å². The molecule has 2 fully saturated rings. The molecule has 0 amide bonds. The van der Waals surface area contributed by atoms with E-state index in [0.29, 0.717) is 5.54 Å². The van der Waals surface area contributed by atoms with E-state index >= 15 is 0 Å². The Balaban J connectivity index is 1.87. The van der Waals surface area contributed by atoms with Gasteiger partial charge in [-0.25, -0.2) is 0 Å². The molecule has 1 spiro atoms. The Morgan fingerprint density at radius 3 is 2.57 bits per heavy atom. The zero-order valence-electron chi connectivity index (χ0n) is 8.37. The van der Waals surface area contributed by atoms with Crippen LogP contribution in [0.25, 0.3) is 0 Å². The number of anilines is 1. The zero-order chi connectivity index (χ0) is 9.43. The fraction of sp³-hybridized carbons (Fsp3) is 0.500. The second-order valence-corrected chi connectivity index (χ2v) is 4.39. The summed E-state index contributed by atoms with van der Waals surface area (Å²) in [5.41, 5.74) is 1.85. The lowest BCUT2D eigenvalue weighted by Crippen LogP contribution is -2.61. The first-order valence-corrected chi connectivity index (χ1v) is 5.44. The summed E-state index contributed by atoms with van der Waals surface area (Å²) < 4.78 is 0. The Bertz CT molecular complexity index is 314. The highest BCUT2D eigenvalue weighted by Crippen LogP contribution is 2.39. The molecule has 2 nitrogen and oxygen atoms in total. The standard InChI is InChI=1S/C12H16N2/c1-2-4-11(5-3-1)14-9-7-12(14)6-8-13-10-12/h1-5,13H,6-10H2. The molecule has 2 aliphatic heterocycles. The molecule has 1 atom stereocenters. The second kappa shape index (κ2) is 2.99. The Kier molecular flexibility index (Phi) is 1.77. The van der Waals surface area contributed by atoms with Crippen LogP contribution in [0.4, 0.5) is 5.69 Å². The maximum absolute atomic E-state index is 3.47. The van der Waals surface area contributed by atoms with Gasteiger partial charge in [0.15, 0.2) is 0 Å². The molecule has 1 aromatic carbocycles. The first kappa shape index (κ1) is 8.30. The van der Waals surface area contributed by atoms with Gasteiger partial charge in [0.05, 0.1) is 5.54 Å². The molecule has 2 heterocycles. The van der Waals surface area contributed by atoms with Crippen LogP contribution in [0.1, 0.15) is 12.8 Å². The summed E-state index contributed by atoms with van der Waals surface area (Å²) >= 11 is 0. The first-order chi connectivity index (χ1) is 6.91. The average Bonchev–Trinajstić information content (AvgIpc) is 2.68. The molecule has 1 unspecified atom stereocenters. The largest absolute Gasteiger partial charge is 0.364 e. The van der Waals surface area contributed by atoms with Crippen molar-refractivity contribution in [3.8, 4) is 0 Å². The Morgan fingerprint density at radius 1 is 1.14 bits per heavy atom. The highest BCUT2D eigenvalue weighted by Gasteiger charge is 2.46. The maximum atomic E-state index is 3.47. The second-order valence-electron chi connectivity index (χ2n) is 4.39. The minimum absolute atomic E-state index is 0.460. The molecule has 0 bridgehead atoms. The van der Waals surface area contributed by atoms with Crippen LogP contribution in [-0.2, 0) is 0 Å². The van der Waals surface area contributed by atoms with E-state index in [1.54, 1.807) is 0 Å². The topological polar surface area (TPSA) is 15.3 Å². The fourth-order valence-corrected chi connectivity index (χ4v) is 2.73. The molecule has 0 radical (unpaired) electrons. The smallest absolute Gasteiger partial charge is 0.0555 e. The van der Waals surface area contributed by atoms with Gasteiger partial charge in [0, 0.05) is 18.8 Å². The molecule has 3 rings (SSSR count). The van der Waals surface area contributed by atoms with E-state index in [9.17, 15) is 0 Å². The number of para-hydroxylation sites is 1. The molecular weight excluding hydrogens is 172 g/mol. The van der Waals surface area contributed by atoms with Crippen LogP contribution in [0.3, 0.4) is 0 Å². The Morgan fingerprint density at radius 2 is 2.00 bits per heavy atom. The number of nitrogens with one attached hydrogen (secondary N) is 1.